The smallest absolute Gasteiger partial charge is 0.349 e. The Labute approximate surface area is 230 Å². The lowest BCUT2D eigenvalue weighted by Gasteiger charge is -2.03. The lowest BCUT2D eigenvalue weighted by molar-refractivity contribution is -0.135. The van der Waals surface area contributed by atoms with Gasteiger partial charge in [-0.25, -0.2) is 4.79 Å². The molecule has 0 atom stereocenters. The molecule has 40 heavy (non-hydrogen) atoms. The molecule has 0 fully saturated rings. The summed E-state index contributed by atoms with van der Waals surface area (Å²) >= 11 is 0. The topological polar surface area (TPSA) is 157 Å². The average molecular weight is 549 g/mol. The van der Waals surface area contributed by atoms with Crippen molar-refractivity contribution in [2.75, 3.05) is 14.2 Å². The summed E-state index contributed by atoms with van der Waals surface area (Å²) < 4.78 is 14.3. The Morgan fingerprint density at radius 2 is 1.18 bits per heavy atom. The van der Waals surface area contributed by atoms with Crippen LogP contribution < -0.4 is 9.47 Å². The van der Waals surface area contributed by atoms with E-state index in [1.54, 1.807) is 48.6 Å². The number of rotatable bonds is 9. The number of methoxy groups -OCH3 is 2. The van der Waals surface area contributed by atoms with Gasteiger partial charge in [-0.15, -0.1) is 0 Å². The molecular formula is C30H28O10. The molecule has 10 nitrogen and oxygen atoms in total. The summed E-state index contributed by atoms with van der Waals surface area (Å²) in [7, 11) is 2.87. The number of carbonyl (C=O) groups excluding carboxylic acids is 4. The number of ether oxygens (including phenoxy) is 3. The van der Waals surface area contributed by atoms with Gasteiger partial charge in [-0.05, 0) is 59.7 Å². The van der Waals surface area contributed by atoms with Gasteiger partial charge in [-0.2, -0.15) is 0 Å². The molecule has 208 valence electrons. The van der Waals surface area contributed by atoms with Crippen molar-refractivity contribution in [3.63, 3.8) is 0 Å². The maximum atomic E-state index is 11.9. The lowest BCUT2D eigenvalue weighted by Crippen LogP contribution is -2.09. The lowest BCUT2D eigenvalue weighted by atomic mass is 10.1. The maximum Gasteiger partial charge on any atom is 0.349 e. The molecule has 0 unspecified atom stereocenters. The number of hydrogen-bond acceptors (Lipinski definition) is 10. The van der Waals surface area contributed by atoms with Crippen LogP contribution in [-0.2, 0) is 19.1 Å². The molecule has 0 amide bonds. The van der Waals surface area contributed by atoms with E-state index in [-0.39, 0.29) is 40.8 Å². The molecule has 0 aliphatic rings. The molecule has 10 heteroatoms. The fourth-order valence-corrected chi connectivity index (χ4v) is 3.10. The van der Waals surface area contributed by atoms with Crippen LogP contribution in [0.15, 0.2) is 72.8 Å². The Bertz CT molecular complexity index is 1360. The van der Waals surface area contributed by atoms with E-state index in [0.717, 1.165) is 6.92 Å². The van der Waals surface area contributed by atoms with Crippen LogP contribution >= 0.6 is 0 Å². The van der Waals surface area contributed by atoms with Crippen molar-refractivity contribution in [3.05, 3.63) is 89.5 Å². The zero-order valence-corrected chi connectivity index (χ0v) is 22.0. The normalized spacial score (nSPS) is 10.5. The largest absolute Gasteiger partial charge is 0.507 e. The highest BCUT2D eigenvalue weighted by Gasteiger charge is 2.13. The van der Waals surface area contributed by atoms with Crippen molar-refractivity contribution in [1.29, 1.82) is 0 Å². The molecular weight excluding hydrogens is 520 g/mol. The molecule has 0 saturated heterocycles. The molecule has 0 radical (unpaired) electrons. The van der Waals surface area contributed by atoms with Crippen LogP contribution in [0.1, 0.15) is 34.8 Å². The monoisotopic (exact) mass is 548 g/mol. The van der Waals surface area contributed by atoms with Gasteiger partial charge >= 0.3 is 11.9 Å². The van der Waals surface area contributed by atoms with Crippen LogP contribution in [0.25, 0.3) is 12.2 Å². The van der Waals surface area contributed by atoms with Crippen molar-refractivity contribution in [3.8, 4) is 28.7 Å². The SMILES string of the molecule is CC(=O)OC(=O)c1ccccc1O.COc1cc(/C=C/C(=O)CC(=O)/C=C/c2ccc(O)c(OC)c2)ccc1O. The quantitative estimate of drug-likeness (QED) is 0.198. The van der Waals surface area contributed by atoms with E-state index in [4.69, 9.17) is 9.47 Å². The summed E-state index contributed by atoms with van der Waals surface area (Å²) in [5, 5.41) is 28.3. The standard InChI is InChI=1S/C21H20O6.C9H8O4/c1-26-20-11-14(5-9-18(20)24)3-7-16(22)13-17(23)8-4-15-6-10-19(25)21(12-15)27-2;1-6(10)13-9(12)7-4-2-3-5-8(7)11/h3-12,24-25H,13H2,1-2H3;2-5,11H,1H3/b7-3+,8-4+;. The summed E-state index contributed by atoms with van der Waals surface area (Å²) in [5.74, 6) is -1.83. The second-order valence-corrected chi connectivity index (χ2v) is 8.04. The number of allylic oxidation sites excluding steroid dienone is 2. The van der Waals surface area contributed by atoms with E-state index in [1.165, 1.54) is 50.6 Å². The predicted octanol–water partition coefficient (Wildman–Crippen LogP) is 4.47. The maximum absolute atomic E-state index is 11.9. The van der Waals surface area contributed by atoms with Crippen LogP contribution in [0.2, 0.25) is 0 Å². The summed E-state index contributed by atoms with van der Waals surface area (Å²) in [4.78, 5) is 45.3. The molecule has 0 heterocycles. The number of esters is 2. The van der Waals surface area contributed by atoms with E-state index in [2.05, 4.69) is 4.74 Å². The Morgan fingerprint density at radius 3 is 1.60 bits per heavy atom. The molecule has 3 N–H and O–H groups in total. The summed E-state index contributed by atoms with van der Waals surface area (Å²) in [6, 6.07) is 15.2. The van der Waals surface area contributed by atoms with Gasteiger partial charge < -0.3 is 29.5 Å². The Morgan fingerprint density at radius 1 is 0.700 bits per heavy atom. The van der Waals surface area contributed by atoms with Gasteiger partial charge in [-0.3, -0.25) is 14.4 Å². The first-order chi connectivity index (χ1) is 19.0. The highest BCUT2D eigenvalue weighted by molar-refractivity contribution is 6.10. The third-order valence-electron chi connectivity index (χ3n) is 5.04. The second kappa shape index (κ2) is 15.1. The second-order valence-electron chi connectivity index (χ2n) is 8.04. The molecule has 3 aromatic rings. The zero-order valence-electron chi connectivity index (χ0n) is 22.0. The molecule has 0 aliphatic carbocycles. The number of phenols is 3. The molecule has 0 bridgehead atoms. The highest BCUT2D eigenvalue weighted by Crippen LogP contribution is 2.27. The predicted molar refractivity (Wildman–Crippen MR) is 146 cm³/mol. The summed E-state index contributed by atoms with van der Waals surface area (Å²) in [5.41, 5.74) is 1.31. The fraction of sp³-hybridized carbons (Fsp3) is 0.133. The van der Waals surface area contributed by atoms with Gasteiger partial charge in [0.2, 0.25) is 0 Å². The molecule has 0 saturated carbocycles. The first-order valence-corrected chi connectivity index (χ1v) is 11.7. The Kier molecular flexibility index (Phi) is 11.7. The van der Waals surface area contributed by atoms with Crippen molar-refractivity contribution >= 4 is 35.7 Å². The van der Waals surface area contributed by atoms with Gasteiger partial charge in [0, 0.05) is 6.92 Å². The van der Waals surface area contributed by atoms with E-state index in [0.29, 0.717) is 22.6 Å². The van der Waals surface area contributed by atoms with Gasteiger partial charge in [0.15, 0.2) is 34.6 Å². The number of aromatic hydroxyl groups is 3. The zero-order chi connectivity index (χ0) is 29.7. The van der Waals surface area contributed by atoms with Crippen molar-refractivity contribution in [2.24, 2.45) is 0 Å². The first-order valence-electron chi connectivity index (χ1n) is 11.7. The minimum Gasteiger partial charge on any atom is -0.507 e. The molecule has 0 spiro atoms. The van der Waals surface area contributed by atoms with E-state index < -0.39 is 11.9 Å². The number of ketones is 2. The minimum absolute atomic E-state index is 0.00662. The van der Waals surface area contributed by atoms with Crippen LogP contribution in [0.3, 0.4) is 0 Å². The molecule has 3 rings (SSSR count). The van der Waals surface area contributed by atoms with Gasteiger partial charge in [0.25, 0.3) is 0 Å². The van der Waals surface area contributed by atoms with Crippen molar-refractivity contribution in [1.82, 2.24) is 0 Å². The van der Waals surface area contributed by atoms with Crippen molar-refractivity contribution < 1.29 is 48.7 Å². The molecule has 0 aromatic heterocycles. The fourth-order valence-electron chi connectivity index (χ4n) is 3.10. The van der Waals surface area contributed by atoms with E-state index in [1.807, 2.05) is 0 Å². The van der Waals surface area contributed by atoms with Gasteiger partial charge in [-0.1, -0.05) is 36.4 Å². The number of benzene rings is 3. The average Bonchev–Trinajstić information content (AvgIpc) is 2.92. The van der Waals surface area contributed by atoms with Crippen LogP contribution in [0.5, 0.6) is 28.7 Å². The van der Waals surface area contributed by atoms with Gasteiger partial charge in [0.05, 0.1) is 20.6 Å². The van der Waals surface area contributed by atoms with Crippen LogP contribution in [0, 0.1) is 0 Å². The van der Waals surface area contributed by atoms with Crippen LogP contribution in [-0.4, -0.2) is 53.0 Å². The first kappa shape index (κ1) is 30.8. The number of hydrogen-bond donors (Lipinski definition) is 3. The molecule has 0 aliphatic heterocycles. The highest BCUT2D eigenvalue weighted by atomic mass is 16.6. The Hall–Kier alpha value is -5.38. The van der Waals surface area contributed by atoms with Crippen molar-refractivity contribution in [2.45, 2.75) is 13.3 Å². The third-order valence-corrected chi connectivity index (χ3v) is 5.04. The van der Waals surface area contributed by atoms with Crippen LogP contribution in [0.4, 0.5) is 0 Å². The number of phenolic OH excluding ortho intramolecular Hbond substituents is 3. The summed E-state index contributed by atoms with van der Waals surface area (Å²) in [6.07, 6.45) is 5.44. The third kappa shape index (κ3) is 9.82. The Balaban J connectivity index is 0.000000360. The van der Waals surface area contributed by atoms with E-state index in [9.17, 15) is 34.5 Å². The molecule has 3 aromatic carbocycles. The number of para-hydroxylation sites is 1. The van der Waals surface area contributed by atoms with Gasteiger partial charge in [0.1, 0.15) is 11.3 Å². The number of carbonyl (C=O) groups is 4. The van der Waals surface area contributed by atoms with E-state index >= 15 is 0 Å². The minimum atomic E-state index is -0.842. The summed E-state index contributed by atoms with van der Waals surface area (Å²) in [6.45, 7) is 1.12.